The zero-order valence-electron chi connectivity index (χ0n) is 14.6. The first-order chi connectivity index (χ1) is 11.8. The van der Waals surface area contributed by atoms with Crippen molar-refractivity contribution in [2.45, 2.75) is 46.0 Å². The highest BCUT2D eigenvalue weighted by atomic mass is 79.9. The van der Waals surface area contributed by atoms with Gasteiger partial charge in [0.25, 0.3) is 0 Å². The third-order valence-electron chi connectivity index (χ3n) is 3.97. The fraction of sp³-hybridized carbons (Fsp3) is 0.444. The number of imidazole rings is 1. The van der Waals surface area contributed by atoms with Crippen LogP contribution in [0.25, 0.3) is 11.4 Å². The molecule has 0 atom stereocenters. The number of fused-ring (bicyclic) bond motifs is 1. The Morgan fingerprint density at radius 1 is 1.32 bits per heavy atom. The molecule has 1 aromatic carbocycles. The average molecular weight is 408 g/mol. The third-order valence-corrected chi connectivity index (χ3v) is 4.60. The van der Waals surface area contributed by atoms with Gasteiger partial charge in [0.15, 0.2) is 0 Å². The largest absolute Gasteiger partial charge is 0.444 e. The number of benzene rings is 1. The molecule has 7 heteroatoms. The first-order valence-electron chi connectivity index (χ1n) is 8.20. The van der Waals surface area contributed by atoms with Crippen LogP contribution in [0.3, 0.4) is 0 Å². The molecule has 1 aliphatic heterocycles. The molecule has 2 aromatic rings. The predicted octanol–water partition coefficient (Wildman–Crippen LogP) is 3.56. The summed E-state index contributed by atoms with van der Waals surface area (Å²) in [4.78, 5) is 18.4. The highest BCUT2D eigenvalue weighted by Crippen LogP contribution is 2.30. The van der Waals surface area contributed by atoms with Gasteiger partial charge in [-0.15, -0.1) is 0 Å². The van der Waals surface area contributed by atoms with Crippen LogP contribution >= 0.6 is 15.9 Å². The summed E-state index contributed by atoms with van der Waals surface area (Å²) < 4.78 is 8.20. The Morgan fingerprint density at radius 2 is 2.04 bits per heavy atom. The van der Waals surface area contributed by atoms with E-state index in [9.17, 15) is 9.90 Å². The molecule has 0 unspecified atom stereocenters. The molecule has 0 saturated heterocycles. The lowest BCUT2D eigenvalue weighted by Crippen LogP contribution is -2.33. The van der Waals surface area contributed by atoms with Crippen LogP contribution in [0.15, 0.2) is 29.0 Å². The van der Waals surface area contributed by atoms with E-state index in [1.807, 2.05) is 37.5 Å². The van der Waals surface area contributed by atoms with E-state index in [2.05, 4.69) is 27.0 Å². The third kappa shape index (κ3) is 3.88. The molecule has 6 nitrogen and oxygen atoms in total. The molecule has 0 radical (unpaired) electrons. The SMILES string of the molecule is CC(C)(C)OC(=O)N1Cc2ccc(-c3ncc(Br)n3CCO)cc2C1. The number of ether oxygens (including phenoxy) is 1. The van der Waals surface area contributed by atoms with Crippen molar-refractivity contribution in [3.05, 3.63) is 40.1 Å². The van der Waals surface area contributed by atoms with Gasteiger partial charge in [-0.3, -0.25) is 4.90 Å². The van der Waals surface area contributed by atoms with Gasteiger partial charge in [0.05, 0.1) is 12.8 Å². The zero-order valence-corrected chi connectivity index (χ0v) is 16.2. The summed E-state index contributed by atoms with van der Waals surface area (Å²) in [5, 5.41) is 9.25. The molecule has 25 heavy (non-hydrogen) atoms. The van der Waals surface area contributed by atoms with Crippen molar-refractivity contribution in [1.29, 1.82) is 0 Å². The number of carbonyl (C=O) groups is 1. The summed E-state index contributed by atoms with van der Waals surface area (Å²) in [5.41, 5.74) is 2.68. The number of aliphatic hydroxyl groups is 1. The standard InChI is InChI=1S/C18H22BrN3O3/c1-18(2,3)25-17(24)21-10-13-5-4-12(8-14(13)11-21)16-20-9-15(19)22(16)6-7-23/h4-5,8-9,23H,6-7,10-11H2,1-3H3. The van der Waals surface area contributed by atoms with Crippen molar-refractivity contribution in [2.24, 2.45) is 0 Å². The van der Waals surface area contributed by atoms with Crippen LogP contribution in [-0.2, 0) is 24.4 Å². The number of rotatable bonds is 3. The van der Waals surface area contributed by atoms with Crippen molar-refractivity contribution < 1.29 is 14.6 Å². The lowest BCUT2D eigenvalue weighted by molar-refractivity contribution is 0.0242. The van der Waals surface area contributed by atoms with Gasteiger partial charge in [0, 0.05) is 25.2 Å². The minimum Gasteiger partial charge on any atom is -0.444 e. The Kier molecular flexibility index (Phi) is 4.88. The zero-order chi connectivity index (χ0) is 18.2. The second-order valence-electron chi connectivity index (χ2n) is 7.10. The lowest BCUT2D eigenvalue weighted by atomic mass is 10.1. The van der Waals surface area contributed by atoms with Crippen molar-refractivity contribution >= 4 is 22.0 Å². The highest BCUT2D eigenvalue weighted by Gasteiger charge is 2.28. The summed E-state index contributed by atoms with van der Waals surface area (Å²) >= 11 is 3.45. The first kappa shape index (κ1) is 17.9. The van der Waals surface area contributed by atoms with Gasteiger partial charge in [-0.2, -0.15) is 0 Å². The van der Waals surface area contributed by atoms with Crippen molar-refractivity contribution in [1.82, 2.24) is 14.5 Å². The van der Waals surface area contributed by atoms with Gasteiger partial charge >= 0.3 is 6.09 Å². The van der Waals surface area contributed by atoms with Crippen molar-refractivity contribution in [3.63, 3.8) is 0 Å². The molecule has 1 aliphatic rings. The van der Waals surface area contributed by atoms with Crippen LogP contribution in [0.4, 0.5) is 4.79 Å². The summed E-state index contributed by atoms with van der Waals surface area (Å²) in [6, 6.07) is 6.09. The molecular formula is C18H22BrN3O3. The number of halogens is 1. The fourth-order valence-electron chi connectivity index (χ4n) is 2.89. The molecule has 0 saturated carbocycles. The second kappa shape index (κ2) is 6.80. The van der Waals surface area contributed by atoms with E-state index in [0.29, 0.717) is 19.6 Å². The molecule has 0 spiro atoms. The molecule has 2 heterocycles. The molecule has 0 fully saturated rings. The number of aliphatic hydroxyl groups excluding tert-OH is 1. The van der Waals surface area contributed by atoms with Crippen LogP contribution in [0.1, 0.15) is 31.9 Å². The van der Waals surface area contributed by atoms with Gasteiger partial charge in [0.1, 0.15) is 16.0 Å². The summed E-state index contributed by atoms with van der Waals surface area (Å²) in [6.45, 7) is 7.19. The van der Waals surface area contributed by atoms with E-state index in [1.165, 1.54) is 0 Å². The number of amides is 1. The summed E-state index contributed by atoms with van der Waals surface area (Å²) in [7, 11) is 0. The maximum absolute atomic E-state index is 12.3. The molecule has 1 amide bonds. The maximum Gasteiger partial charge on any atom is 0.410 e. The Bertz CT molecular complexity index is 795. The van der Waals surface area contributed by atoms with Gasteiger partial charge < -0.3 is 14.4 Å². The minimum absolute atomic E-state index is 0.0410. The van der Waals surface area contributed by atoms with Crippen LogP contribution in [0, 0.1) is 0 Å². The van der Waals surface area contributed by atoms with Gasteiger partial charge in [0.2, 0.25) is 0 Å². The predicted molar refractivity (Wildman–Crippen MR) is 97.9 cm³/mol. The van der Waals surface area contributed by atoms with E-state index in [1.54, 1.807) is 11.1 Å². The van der Waals surface area contributed by atoms with Crippen LogP contribution in [-0.4, -0.2) is 37.9 Å². The van der Waals surface area contributed by atoms with Crippen LogP contribution in [0.5, 0.6) is 0 Å². The van der Waals surface area contributed by atoms with Gasteiger partial charge in [-0.1, -0.05) is 12.1 Å². The molecule has 1 N–H and O–H groups in total. The van der Waals surface area contributed by atoms with E-state index in [0.717, 1.165) is 27.1 Å². The molecular weight excluding hydrogens is 386 g/mol. The number of nitrogens with zero attached hydrogens (tertiary/aromatic N) is 3. The summed E-state index contributed by atoms with van der Waals surface area (Å²) in [6.07, 6.45) is 1.43. The van der Waals surface area contributed by atoms with E-state index in [-0.39, 0.29) is 12.7 Å². The Morgan fingerprint density at radius 3 is 2.72 bits per heavy atom. The molecule has 3 rings (SSSR count). The first-order valence-corrected chi connectivity index (χ1v) is 9.00. The van der Waals surface area contributed by atoms with E-state index >= 15 is 0 Å². The minimum atomic E-state index is -0.502. The molecule has 0 bridgehead atoms. The monoisotopic (exact) mass is 407 g/mol. The van der Waals surface area contributed by atoms with Crippen LogP contribution in [0.2, 0.25) is 0 Å². The van der Waals surface area contributed by atoms with Gasteiger partial charge in [-0.05, 0) is 53.9 Å². The molecule has 134 valence electrons. The van der Waals surface area contributed by atoms with Crippen LogP contribution < -0.4 is 0 Å². The Hall–Kier alpha value is -1.86. The highest BCUT2D eigenvalue weighted by molar-refractivity contribution is 9.10. The smallest absolute Gasteiger partial charge is 0.410 e. The number of aromatic nitrogens is 2. The van der Waals surface area contributed by atoms with Gasteiger partial charge in [-0.25, -0.2) is 9.78 Å². The summed E-state index contributed by atoms with van der Waals surface area (Å²) in [5.74, 6) is 0.791. The maximum atomic E-state index is 12.3. The normalized spacial score (nSPS) is 13.9. The Balaban J connectivity index is 1.82. The fourth-order valence-corrected chi connectivity index (χ4v) is 3.33. The Labute approximate surface area is 155 Å². The van der Waals surface area contributed by atoms with E-state index in [4.69, 9.17) is 4.74 Å². The lowest BCUT2D eigenvalue weighted by Gasteiger charge is -2.24. The second-order valence-corrected chi connectivity index (χ2v) is 7.91. The van der Waals surface area contributed by atoms with Crippen molar-refractivity contribution in [3.8, 4) is 11.4 Å². The number of hydrogen-bond acceptors (Lipinski definition) is 4. The number of hydrogen-bond donors (Lipinski definition) is 1. The average Bonchev–Trinajstić information content (AvgIpc) is 3.10. The van der Waals surface area contributed by atoms with Crippen molar-refractivity contribution in [2.75, 3.05) is 6.61 Å². The quantitative estimate of drug-likeness (QED) is 0.844. The molecule has 1 aromatic heterocycles. The van der Waals surface area contributed by atoms with E-state index < -0.39 is 5.60 Å². The molecule has 0 aliphatic carbocycles. The number of carbonyl (C=O) groups excluding carboxylic acids is 1. The topological polar surface area (TPSA) is 67.6 Å².